The molecule has 0 radical (unpaired) electrons. The van der Waals surface area contributed by atoms with Crippen LogP contribution in [0.2, 0.25) is 0 Å². The highest BCUT2D eigenvalue weighted by molar-refractivity contribution is 6.04. The van der Waals surface area contributed by atoms with Gasteiger partial charge in [0.05, 0.1) is 29.8 Å². The summed E-state index contributed by atoms with van der Waals surface area (Å²) in [5.74, 6) is -1.76. The standard InChI is InChI=1S/C18H13N3O3/c1-24-18(23)12-6-4-5-11(9-12)16(22)13(10-19)17-20-14-7-2-3-8-15(14)21-17/h2-9,13H,1H3,(H,20,21)/t13-/m0/s1. The number of aromatic amines is 1. The Morgan fingerprint density at radius 3 is 2.62 bits per heavy atom. The maximum absolute atomic E-state index is 12.7. The summed E-state index contributed by atoms with van der Waals surface area (Å²) in [4.78, 5) is 31.6. The van der Waals surface area contributed by atoms with Crippen LogP contribution in [0.25, 0.3) is 11.0 Å². The average molecular weight is 319 g/mol. The van der Waals surface area contributed by atoms with E-state index in [-0.39, 0.29) is 17.0 Å². The third kappa shape index (κ3) is 2.75. The van der Waals surface area contributed by atoms with Crippen molar-refractivity contribution in [2.45, 2.75) is 5.92 Å². The predicted molar refractivity (Wildman–Crippen MR) is 86.6 cm³/mol. The molecular formula is C18H13N3O3. The van der Waals surface area contributed by atoms with Crippen LogP contribution < -0.4 is 0 Å². The van der Waals surface area contributed by atoms with Crippen molar-refractivity contribution >= 4 is 22.8 Å². The molecule has 0 aliphatic carbocycles. The number of nitrogens with zero attached hydrogens (tertiary/aromatic N) is 2. The van der Waals surface area contributed by atoms with Gasteiger partial charge in [-0.2, -0.15) is 5.26 Å². The summed E-state index contributed by atoms with van der Waals surface area (Å²) in [6.45, 7) is 0. The highest BCUT2D eigenvalue weighted by Crippen LogP contribution is 2.22. The van der Waals surface area contributed by atoms with Gasteiger partial charge < -0.3 is 9.72 Å². The molecule has 0 bridgehead atoms. The van der Waals surface area contributed by atoms with Crippen molar-refractivity contribution in [3.63, 3.8) is 0 Å². The topological polar surface area (TPSA) is 95.8 Å². The first-order chi connectivity index (χ1) is 11.6. The summed E-state index contributed by atoms with van der Waals surface area (Å²) >= 11 is 0. The molecule has 6 heteroatoms. The third-order valence-corrected chi connectivity index (χ3v) is 3.64. The fourth-order valence-corrected chi connectivity index (χ4v) is 2.44. The van der Waals surface area contributed by atoms with Crippen molar-refractivity contribution < 1.29 is 14.3 Å². The number of fused-ring (bicyclic) bond motifs is 1. The van der Waals surface area contributed by atoms with Gasteiger partial charge in [-0.3, -0.25) is 4.79 Å². The van der Waals surface area contributed by atoms with Crippen LogP contribution in [0.1, 0.15) is 32.5 Å². The Balaban J connectivity index is 1.98. The van der Waals surface area contributed by atoms with Gasteiger partial charge in [-0.25, -0.2) is 9.78 Å². The van der Waals surface area contributed by atoms with Gasteiger partial charge in [-0.15, -0.1) is 0 Å². The number of imidazole rings is 1. The summed E-state index contributed by atoms with van der Waals surface area (Å²) in [6, 6.07) is 15.4. The first-order valence-electron chi connectivity index (χ1n) is 7.21. The number of benzene rings is 2. The van der Waals surface area contributed by atoms with Crippen molar-refractivity contribution in [1.29, 1.82) is 5.26 Å². The normalized spacial score (nSPS) is 11.7. The molecule has 24 heavy (non-hydrogen) atoms. The molecule has 6 nitrogen and oxygen atoms in total. The zero-order valence-corrected chi connectivity index (χ0v) is 12.8. The zero-order chi connectivity index (χ0) is 17.1. The van der Waals surface area contributed by atoms with E-state index >= 15 is 0 Å². The molecule has 1 aromatic heterocycles. The lowest BCUT2D eigenvalue weighted by Crippen LogP contribution is -2.13. The number of nitrogens with one attached hydrogen (secondary N) is 1. The molecule has 0 saturated carbocycles. The zero-order valence-electron chi connectivity index (χ0n) is 12.8. The number of ketones is 1. The van der Waals surface area contributed by atoms with Gasteiger partial charge in [-0.05, 0) is 24.3 Å². The first-order valence-corrected chi connectivity index (χ1v) is 7.21. The predicted octanol–water partition coefficient (Wildman–Crippen LogP) is 2.84. The second-order valence-electron chi connectivity index (χ2n) is 5.14. The summed E-state index contributed by atoms with van der Waals surface area (Å²) in [7, 11) is 1.27. The SMILES string of the molecule is COC(=O)c1cccc(C(=O)[C@H](C#N)c2nc3ccccc3[nH]2)c1. The Bertz CT molecular complexity index is 936. The number of hydrogen-bond acceptors (Lipinski definition) is 5. The van der Waals surface area contributed by atoms with Crippen LogP contribution in [0.15, 0.2) is 48.5 Å². The third-order valence-electron chi connectivity index (χ3n) is 3.64. The summed E-state index contributed by atoms with van der Waals surface area (Å²) in [5.41, 5.74) is 1.95. The van der Waals surface area contributed by atoms with Gasteiger partial charge in [0.1, 0.15) is 5.82 Å². The number of H-pyrrole nitrogens is 1. The monoisotopic (exact) mass is 319 g/mol. The molecule has 0 saturated heterocycles. The summed E-state index contributed by atoms with van der Waals surface area (Å²) in [5, 5.41) is 9.44. The molecule has 0 unspecified atom stereocenters. The van der Waals surface area contributed by atoms with Gasteiger partial charge in [0.25, 0.3) is 0 Å². The van der Waals surface area contributed by atoms with Gasteiger partial charge in [-0.1, -0.05) is 24.3 Å². The number of para-hydroxylation sites is 2. The highest BCUT2D eigenvalue weighted by Gasteiger charge is 2.25. The van der Waals surface area contributed by atoms with Crippen LogP contribution in [-0.2, 0) is 4.74 Å². The lowest BCUT2D eigenvalue weighted by atomic mass is 9.97. The van der Waals surface area contributed by atoms with E-state index in [1.165, 1.54) is 13.2 Å². The number of methoxy groups -OCH3 is 1. The van der Waals surface area contributed by atoms with E-state index in [4.69, 9.17) is 0 Å². The number of esters is 1. The number of nitriles is 1. The molecule has 2 aromatic carbocycles. The van der Waals surface area contributed by atoms with Crippen LogP contribution in [0, 0.1) is 11.3 Å². The van der Waals surface area contributed by atoms with Crippen molar-refractivity contribution in [2.24, 2.45) is 0 Å². The van der Waals surface area contributed by atoms with Crippen LogP contribution in [0.3, 0.4) is 0 Å². The number of Topliss-reactive ketones (excluding diaryl/α,β-unsaturated/α-hetero) is 1. The van der Waals surface area contributed by atoms with Crippen molar-refractivity contribution in [1.82, 2.24) is 9.97 Å². The molecule has 0 spiro atoms. The van der Waals surface area contributed by atoms with Crippen LogP contribution in [-0.4, -0.2) is 28.8 Å². The van der Waals surface area contributed by atoms with Crippen LogP contribution in [0.5, 0.6) is 0 Å². The molecule has 0 aliphatic heterocycles. The van der Waals surface area contributed by atoms with Crippen molar-refractivity contribution in [3.8, 4) is 6.07 Å². The molecule has 1 N–H and O–H groups in total. The summed E-state index contributed by atoms with van der Waals surface area (Å²) < 4.78 is 4.65. The van der Waals surface area contributed by atoms with E-state index in [1.807, 2.05) is 24.3 Å². The van der Waals surface area contributed by atoms with Gasteiger partial charge in [0, 0.05) is 5.56 Å². The Morgan fingerprint density at radius 1 is 1.17 bits per heavy atom. The first kappa shape index (κ1) is 15.4. The Kier molecular flexibility index (Phi) is 4.08. The number of carbonyl (C=O) groups is 2. The largest absolute Gasteiger partial charge is 0.465 e. The van der Waals surface area contributed by atoms with E-state index in [1.54, 1.807) is 24.3 Å². The quantitative estimate of drug-likeness (QED) is 0.589. The Labute approximate surface area is 137 Å². The molecule has 3 aromatic rings. The number of carbonyl (C=O) groups excluding carboxylic acids is 2. The lowest BCUT2D eigenvalue weighted by molar-refractivity contribution is 0.0600. The molecule has 118 valence electrons. The summed E-state index contributed by atoms with van der Waals surface area (Å²) in [6.07, 6.45) is 0. The molecule has 0 fully saturated rings. The van der Waals surface area contributed by atoms with Gasteiger partial charge in [0.2, 0.25) is 0 Å². The maximum Gasteiger partial charge on any atom is 0.337 e. The van der Waals surface area contributed by atoms with Crippen molar-refractivity contribution in [3.05, 3.63) is 65.5 Å². The molecule has 0 amide bonds. The fourth-order valence-electron chi connectivity index (χ4n) is 2.44. The van der Waals surface area contributed by atoms with E-state index < -0.39 is 17.7 Å². The highest BCUT2D eigenvalue weighted by atomic mass is 16.5. The van der Waals surface area contributed by atoms with Crippen LogP contribution >= 0.6 is 0 Å². The minimum absolute atomic E-state index is 0.254. The number of ether oxygens (including phenoxy) is 1. The van der Waals surface area contributed by atoms with Crippen molar-refractivity contribution in [2.75, 3.05) is 7.11 Å². The lowest BCUT2D eigenvalue weighted by Gasteiger charge is -2.07. The second-order valence-corrected chi connectivity index (χ2v) is 5.14. The minimum Gasteiger partial charge on any atom is -0.465 e. The Hall–Kier alpha value is -3.46. The van der Waals surface area contributed by atoms with E-state index in [0.717, 1.165) is 5.52 Å². The van der Waals surface area contributed by atoms with Gasteiger partial charge in [0.15, 0.2) is 11.7 Å². The fraction of sp³-hybridized carbons (Fsp3) is 0.111. The van der Waals surface area contributed by atoms with E-state index in [2.05, 4.69) is 14.7 Å². The van der Waals surface area contributed by atoms with E-state index in [9.17, 15) is 14.9 Å². The van der Waals surface area contributed by atoms with E-state index in [0.29, 0.717) is 5.52 Å². The van der Waals surface area contributed by atoms with Crippen LogP contribution in [0.4, 0.5) is 0 Å². The molecule has 1 heterocycles. The second kappa shape index (κ2) is 6.34. The van der Waals surface area contributed by atoms with Gasteiger partial charge >= 0.3 is 5.97 Å². The molecule has 0 aliphatic rings. The number of aromatic nitrogens is 2. The Morgan fingerprint density at radius 2 is 1.92 bits per heavy atom. The minimum atomic E-state index is -1.08. The maximum atomic E-state index is 12.7. The number of rotatable bonds is 4. The molecule has 3 rings (SSSR count). The molecular weight excluding hydrogens is 306 g/mol. The smallest absolute Gasteiger partial charge is 0.337 e. The average Bonchev–Trinajstić information content (AvgIpc) is 3.05. The number of hydrogen-bond donors (Lipinski definition) is 1. The molecule has 1 atom stereocenters.